The van der Waals surface area contributed by atoms with Crippen LogP contribution in [0.1, 0.15) is 0 Å². The number of nitrogens with zero attached hydrogens (tertiary/aromatic N) is 1. The molecule has 0 rings (SSSR count). The number of rotatable bonds is 0. The Morgan fingerprint density at radius 3 is 0.846 bits per heavy atom. The molecule has 0 N–H and O–H groups in total. The monoisotopic (exact) mass is 324 g/mol. The molecule has 0 aliphatic carbocycles. The lowest BCUT2D eigenvalue weighted by molar-refractivity contribution is -0.800. The van der Waals surface area contributed by atoms with Gasteiger partial charge in [-0.3, -0.25) is 4.48 Å². The molecule has 0 aliphatic heterocycles. The van der Waals surface area contributed by atoms with Crippen LogP contribution in [-0.2, 0) is 0 Å². The second-order valence-electron chi connectivity index (χ2n) is 4.64. The first-order chi connectivity index (χ1) is 12.6. The van der Waals surface area contributed by atoms with Gasteiger partial charge >= 0.3 is 0 Å². The zero-order chi connectivity index (χ0) is 19.3. The van der Waals surface area contributed by atoms with E-state index < -0.39 is 0 Å². The predicted molar refractivity (Wildman–Crippen MR) is 105 cm³/mol. The van der Waals surface area contributed by atoms with Crippen molar-refractivity contribution >= 4 is 0 Å². The Kier molecular flexibility index (Phi) is 12.2. The minimum atomic E-state index is 0.520. The molecule has 0 atom stereocenters. The van der Waals surface area contributed by atoms with Crippen molar-refractivity contribution in [2.75, 3.05) is 21.1 Å². The van der Waals surface area contributed by atoms with Crippen molar-refractivity contribution in [1.82, 2.24) is 0 Å². The normalized spacial score (nSPS) is 5.46. The number of terminal acetylenes is 1. The lowest BCUT2D eigenvalue weighted by Crippen LogP contribution is -2.27. The standard InChI is InChI=1S/C25H10N/c1-5-6-7-8-9-10-11-12-13-14-15-16-17-18-19-20-21-22-23-24-25-26(2,3)4/h1H,2-4H3/q+1. The van der Waals surface area contributed by atoms with Crippen LogP contribution in [0.15, 0.2) is 0 Å². The summed E-state index contributed by atoms with van der Waals surface area (Å²) in [7, 11) is 5.84. The van der Waals surface area contributed by atoms with Crippen LogP contribution in [-0.4, -0.2) is 25.6 Å². The Bertz CT molecular complexity index is 1210. The van der Waals surface area contributed by atoms with Crippen molar-refractivity contribution in [3.05, 3.63) is 0 Å². The van der Waals surface area contributed by atoms with Crippen LogP contribution in [0.2, 0.25) is 0 Å². The Labute approximate surface area is 156 Å². The fourth-order valence-corrected chi connectivity index (χ4v) is 0.763. The fourth-order valence-electron chi connectivity index (χ4n) is 0.763. The van der Waals surface area contributed by atoms with Crippen LogP contribution in [0.25, 0.3) is 0 Å². The largest absolute Gasteiger partial charge is 0.253 e. The Morgan fingerprint density at radius 1 is 0.385 bits per heavy atom. The molecule has 0 aromatic heterocycles. The second-order valence-corrected chi connectivity index (χ2v) is 4.64. The molecular formula is C25H10N+. The lowest BCUT2D eigenvalue weighted by atomic mass is 10.4. The molecule has 26 heavy (non-hydrogen) atoms. The van der Waals surface area contributed by atoms with Crippen molar-refractivity contribution in [3.8, 4) is 131 Å². The van der Waals surface area contributed by atoms with Gasteiger partial charge in [-0.25, -0.2) is 0 Å². The Hall–Kier alpha value is -4.88. The minimum absolute atomic E-state index is 0.520. The summed E-state index contributed by atoms with van der Waals surface area (Å²) in [5.74, 6) is 49.8. The highest BCUT2D eigenvalue weighted by atomic mass is 15.3. The summed E-state index contributed by atoms with van der Waals surface area (Å²) in [6.07, 6.45) is 4.92. The summed E-state index contributed by atoms with van der Waals surface area (Å²) in [6, 6.07) is 2.91. The highest BCUT2D eigenvalue weighted by Crippen LogP contribution is 1.81. The van der Waals surface area contributed by atoms with E-state index >= 15 is 0 Å². The van der Waals surface area contributed by atoms with E-state index in [-0.39, 0.29) is 0 Å². The zero-order valence-corrected chi connectivity index (χ0v) is 14.5. The Morgan fingerprint density at radius 2 is 0.615 bits per heavy atom. The maximum Gasteiger partial charge on any atom is 0.150 e. The maximum atomic E-state index is 4.92. The Balaban J connectivity index is 4.45. The van der Waals surface area contributed by atoms with Crippen LogP contribution < -0.4 is 0 Å². The van der Waals surface area contributed by atoms with Gasteiger partial charge < -0.3 is 0 Å². The SMILES string of the molecule is C#CC#CC#CC#CC#CC#CC#CC#CC#CC#CC#C[N+](C)(C)C. The minimum Gasteiger partial charge on any atom is -0.253 e. The van der Waals surface area contributed by atoms with Crippen LogP contribution in [0.5, 0.6) is 0 Å². The molecule has 0 spiro atoms. The molecule has 0 bridgehead atoms. The molecule has 0 fully saturated rings. The first-order valence-corrected chi connectivity index (χ1v) is 6.85. The molecule has 0 saturated carbocycles. The van der Waals surface area contributed by atoms with E-state index in [2.05, 4.69) is 124 Å². The van der Waals surface area contributed by atoms with E-state index in [0.29, 0.717) is 4.48 Å². The topological polar surface area (TPSA) is 0 Å². The summed E-state index contributed by atoms with van der Waals surface area (Å²) in [6.45, 7) is 0. The third-order valence-corrected chi connectivity index (χ3v) is 1.59. The van der Waals surface area contributed by atoms with Gasteiger partial charge in [0.1, 0.15) is 0 Å². The summed E-state index contributed by atoms with van der Waals surface area (Å²) in [5.41, 5.74) is 0. The molecule has 0 aromatic carbocycles. The molecule has 0 unspecified atom stereocenters. The summed E-state index contributed by atoms with van der Waals surface area (Å²) >= 11 is 0. The van der Waals surface area contributed by atoms with Crippen LogP contribution in [0.4, 0.5) is 0 Å². The molecule has 0 heterocycles. The third-order valence-electron chi connectivity index (χ3n) is 1.59. The van der Waals surface area contributed by atoms with Crippen LogP contribution in [0.3, 0.4) is 0 Å². The fraction of sp³-hybridized carbons (Fsp3) is 0.120. The smallest absolute Gasteiger partial charge is 0.150 e. The predicted octanol–water partition coefficient (Wildman–Crippen LogP) is 0.317. The quantitative estimate of drug-likeness (QED) is 0.445. The van der Waals surface area contributed by atoms with Gasteiger partial charge in [-0.15, -0.1) is 6.42 Å². The van der Waals surface area contributed by atoms with Crippen molar-refractivity contribution in [1.29, 1.82) is 0 Å². The van der Waals surface area contributed by atoms with Gasteiger partial charge in [0, 0.05) is 65.1 Å². The van der Waals surface area contributed by atoms with Gasteiger partial charge in [-0.2, -0.15) is 0 Å². The van der Waals surface area contributed by atoms with Gasteiger partial charge in [0.05, 0.1) is 27.1 Å². The van der Waals surface area contributed by atoms with Crippen molar-refractivity contribution in [2.24, 2.45) is 0 Å². The van der Waals surface area contributed by atoms with E-state index in [0.717, 1.165) is 0 Å². The highest BCUT2D eigenvalue weighted by molar-refractivity contribution is 5.47. The van der Waals surface area contributed by atoms with Gasteiger partial charge in [0.2, 0.25) is 0 Å². The first-order valence-electron chi connectivity index (χ1n) is 6.85. The summed E-state index contributed by atoms with van der Waals surface area (Å²) < 4.78 is 0.520. The molecule has 0 amide bonds. The lowest BCUT2D eigenvalue weighted by Gasteiger charge is -2.11. The number of quaternary nitrogens is 1. The van der Waals surface area contributed by atoms with Gasteiger partial charge in [0.15, 0.2) is 6.04 Å². The average Bonchev–Trinajstić information content (AvgIpc) is 2.59. The van der Waals surface area contributed by atoms with Crippen molar-refractivity contribution in [3.63, 3.8) is 0 Å². The first kappa shape index (κ1) is 21.1. The van der Waals surface area contributed by atoms with Crippen molar-refractivity contribution < 1.29 is 4.48 Å². The maximum absolute atomic E-state index is 4.92. The number of hydrogen-bond acceptors (Lipinski definition) is 0. The number of hydrogen-bond donors (Lipinski definition) is 0. The van der Waals surface area contributed by atoms with Crippen molar-refractivity contribution in [2.45, 2.75) is 0 Å². The molecule has 0 saturated heterocycles. The van der Waals surface area contributed by atoms with E-state index in [1.165, 1.54) is 0 Å². The summed E-state index contributed by atoms with van der Waals surface area (Å²) in [4.78, 5) is 0. The molecule has 0 aliphatic rings. The van der Waals surface area contributed by atoms with Crippen LogP contribution in [0, 0.1) is 131 Å². The molecular weight excluding hydrogens is 314 g/mol. The van der Waals surface area contributed by atoms with Gasteiger partial charge in [0.25, 0.3) is 0 Å². The van der Waals surface area contributed by atoms with Gasteiger partial charge in [-0.1, -0.05) is 0 Å². The third kappa shape index (κ3) is 19.1. The van der Waals surface area contributed by atoms with E-state index in [4.69, 9.17) is 6.42 Å². The molecule has 114 valence electrons. The van der Waals surface area contributed by atoms with Crippen LogP contribution >= 0.6 is 0 Å². The average molecular weight is 324 g/mol. The van der Waals surface area contributed by atoms with E-state index in [9.17, 15) is 0 Å². The summed E-state index contributed by atoms with van der Waals surface area (Å²) in [5, 5.41) is 0. The molecule has 1 nitrogen and oxygen atoms in total. The van der Waals surface area contributed by atoms with E-state index in [1.54, 1.807) is 0 Å². The van der Waals surface area contributed by atoms with E-state index in [1.807, 2.05) is 21.1 Å². The molecule has 0 radical (unpaired) electrons. The second kappa shape index (κ2) is 15.0. The van der Waals surface area contributed by atoms with Gasteiger partial charge in [-0.05, 0) is 47.4 Å². The molecule has 1 heteroatoms. The molecule has 0 aromatic rings. The zero-order valence-electron chi connectivity index (χ0n) is 14.5. The highest BCUT2D eigenvalue weighted by Gasteiger charge is 1.97.